The van der Waals surface area contributed by atoms with E-state index in [0.29, 0.717) is 0 Å². The number of carbonyl (C=O) groups excluding carboxylic acids is 1. The van der Waals surface area contributed by atoms with Gasteiger partial charge in [0.15, 0.2) is 0 Å². The van der Waals surface area contributed by atoms with Crippen molar-refractivity contribution in [1.29, 1.82) is 0 Å². The molecule has 0 bridgehead atoms. The summed E-state index contributed by atoms with van der Waals surface area (Å²) >= 11 is 0. The average molecular weight is 254 g/mol. The van der Waals surface area contributed by atoms with Crippen LogP contribution in [0.1, 0.15) is 18.9 Å². The molecule has 2 N–H and O–H groups in total. The fourth-order valence-electron chi connectivity index (χ4n) is 2.32. The van der Waals surface area contributed by atoms with Gasteiger partial charge in [-0.3, -0.25) is 4.90 Å². The van der Waals surface area contributed by atoms with Crippen LogP contribution in [0.4, 0.5) is 10.5 Å². The maximum absolute atomic E-state index is 11.8. The smallest absolute Gasteiger partial charge is 0.323 e. The number of allylic oxidation sites excluding steroid dienone is 4. The maximum atomic E-state index is 11.8. The van der Waals surface area contributed by atoms with Crippen molar-refractivity contribution in [2.45, 2.75) is 19.8 Å². The Hall–Kier alpha value is -2.29. The van der Waals surface area contributed by atoms with Crippen molar-refractivity contribution in [2.75, 3.05) is 4.90 Å². The van der Waals surface area contributed by atoms with Crippen molar-refractivity contribution < 1.29 is 4.79 Å². The van der Waals surface area contributed by atoms with E-state index in [4.69, 9.17) is 5.73 Å². The number of primary amides is 1. The summed E-state index contributed by atoms with van der Waals surface area (Å²) in [6, 6.07) is 7.42. The predicted octanol–water partition coefficient (Wildman–Crippen LogP) is 3.53. The lowest BCUT2D eigenvalue weighted by Gasteiger charge is -2.23. The number of hydrogen-bond donors (Lipinski definition) is 1. The number of amides is 2. The Morgan fingerprint density at radius 3 is 2.79 bits per heavy atom. The molecule has 0 unspecified atom stereocenters. The van der Waals surface area contributed by atoms with E-state index in [9.17, 15) is 4.79 Å². The number of nitrogens with two attached hydrogens (primary N) is 1. The Morgan fingerprint density at radius 1 is 1.37 bits per heavy atom. The van der Waals surface area contributed by atoms with Crippen LogP contribution in [0.25, 0.3) is 0 Å². The van der Waals surface area contributed by atoms with E-state index in [-0.39, 0.29) is 0 Å². The van der Waals surface area contributed by atoms with Gasteiger partial charge in [0, 0.05) is 5.70 Å². The van der Waals surface area contributed by atoms with Crippen LogP contribution in [0.2, 0.25) is 0 Å². The van der Waals surface area contributed by atoms with Crippen molar-refractivity contribution in [3.8, 4) is 0 Å². The molecule has 0 atom stereocenters. The number of nitrogens with zero attached hydrogens (tertiary/aromatic N) is 1. The summed E-state index contributed by atoms with van der Waals surface area (Å²) in [5.74, 6) is 0. The van der Waals surface area contributed by atoms with Crippen LogP contribution in [0.3, 0.4) is 0 Å². The molecule has 2 amide bonds. The quantitative estimate of drug-likeness (QED) is 0.806. The maximum Gasteiger partial charge on any atom is 0.323 e. The van der Waals surface area contributed by atoms with E-state index in [2.05, 4.69) is 6.58 Å². The molecule has 98 valence electrons. The zero-order chi connectivity index (χ0) is 13.8. The third kappa shape index (κ3) is 2.60. The van der Waals surface area contributed by atoms with Crippen molar-refractivity contribution in [3.63, 3.8) is 0 Å². The van der Waals surface area contributed by atoms with Crippen LogP contribution in [-0.2, 0) is 6.42 Å². The van der Waals surface area contributed by atoms with E-state index in [1.165, 1.54) is 0 Å². The zero-order valence-electron chi connectivity index (χ0n) is 11.1. The van der Waals surface area contributed by atoms with Gasteiger partial charge in [-0.15, -0.1) is 0 Å². The SMILES string of the molecule is C=C/C=C\C1=C(C)CCc2ccccc2N1C(N)=O. The third-order valence-electron chi connectivity index (χ3n) is 3.29. The number of hydrogen-bond acceptors (Lipinski definition) is 1. The molecule has 1 aliphatic rings. The van der Waals surface area contributed by atoms with Crippen LogP contribution >= 0.6 is 0 Å². The lowest BCUT2D eigenvalue weighted by Crippen LogP contribution is -2.35. The van der Waals surface area contributed by atoms with Gasteiger partial charge in [0.05, 0.1) is 5.69 Å². The molecule has 0 spiro atoms. The minimum Gasteiger partial charge on any atom is -0.351 e. The Morgan fingerprint density at radius 2 is 2.11 bits per heavy atom. The zero-order valence-corrected chi connectivity index (χ0v) is 11.1. The largest absolute Gasteiger partial charge is 0.351 e. The first-order valence-electron chi connectivity index (χ1n) is 6.31. The molecule has 1 aromatic carbocycles. The molecule has 1 aromatic rings. The summed E-state index contributed by atoms with van der Waals surface area (Å²) in [7, 11) is 0. The summed E-state index contributed by atoms with van der Waals surface area (Å²) in [6.07, 6.45) is 7.23. The minimum absolute atomic E-state index is 0.461. The number of urea groups is 1. The summed E-state index contributed by atoms with van der Waals surface area (Å²) < 4.78 is 0. The number of fused-ring (bicyclic) bond motifs is 1. The van der Waals surface area contributed by atoms with Gasteiger partial charge in [-0.1, -0.05) is 36.9 Å². The predicted molar refractivity (Wildman–Crippen MR) is 78.9 cm³/mol. The first-order valence-corrected chi connectivity index (χ1v) is 6.31. The Kier molecular flexibility index (Phi) is 3.85. The van der Waals surface area contributed by atoms with Crippen LogP contribution in [0.5, 0.6) is 0 Å². The van der Waals surface area contributed by atoms with E-state index in [0.717, 1.165) is 35.4 Å². The van der Waals surface area contributed by atoms with Crippen molar-refractivity contribution in [2.24, 2.45) is 5.73 Å². The highest BCUT2D eigenvalue weighted by Crippen LogP contribution is 2.32. The normalized spacial score (nSPS) is 15.3. The van der Waals surface area contributed by atoms with Crippen molar-refractivity contribution in [1.82, 2.24) is 0 Å². The summed E-state index contributed by atoms with van der Waals surface area (Å²) in [6.45, 7) is 5.70. The second-order valence-electron chi connectivity index (χ2n) is 4.56. The molecule has 3 nitrogen and oxygen atoms in total. The van der Waals surface area contributed by atoms with Crippen LogP contribution in [0, 0.1) is 0 Å². The first-order chi connectivity index (χ1) is 9.15. The number of para-hydroxylation sites is 1. The Balaban J connectivity index is 2.59. The number of benzene rings is 1. The molecule has 0 aliphatic carbocycles. The lowest BCUT2D eigenvalue weighted by molar-refractivity contribution is 0.255. The molecule has 3 heteroatoms. The Labute approximate surface area is 113 Å². The van der Waals surface area contributed by atoms with Crippen LogP contribution in [-0.4, -0.2) is 6.03 Å². The van der Waals surface area contributed by atoms with Crippen LogP contribution < -0.4 is 10.6 Å². The van der Waals surface area contributed by atoms with Crippen LogP contribution in [0.15, 0.2) is 60.3 Å². The first kappa shape index (κ1) is 13.1. The topological polar surface area (TPSA) is 46.3 Å². The number of carbonyl (C=O) groups is 1. The van der Waals surface area contributed by atoms with Gasteiger partial charge in [0.1, 0.15) is 0 Å². The third-order valence-corrected chi connectivity index (χ3v) is 3.29. The highest BCUT2D eigenvalue weighted by atomic mass is 16.2. The highest BCUT2D eigenvalue weighted by Gasteiger charge is 2.23. The molecule has 2 rings (SSSR count). The minimum atomic E-state index is -0.461. The highest BCUT2D eigenvalue weighted by molar-refractivity contribution is 5.96. The van der Waals surface area contributed by atoms with Gasteiger partial charge >= 0.3 is 6.03 Å². The summed E-state index contributed by atoms with van der Waals surface area (Å²) in [4.78, 5) is 13.4. The van der Waals surface area contributed by atoms with Gasteiger partial charge in [-0.25, -0.2) is 4.79 Å². The molecule has 0 fully saturated rings. The monoisotopic (exact) mass is 254 g/mol. The van der Waals surface area contributed by atoms with Gasteiger partial charge < -0.3 is 5.73 Å². The number of aryl methyl sites for hydroxylation is 1. The fourth-order valence-corrected chi connectivity index (χ4v) is 2.32. The lowest BCUT2D eigenvalue weighted by atomic mass is 10.1. The molecule has 0 aromatic heterocycles. The van der Waals surface area contributed by atoms with Crippen molar-refractivity contribution >= 4 is 11.7 Å². The fraction of sp³-hybridized carbons (Fsp3) is 0.188. The van der Waals surface area contributed by atoms with E-state index >= 15 is 0 Å². The Bertz CT molecular complexity index is 570. The second kappa shape index (κ2) is 5.57. The van der Waals surface area contributed by atoms with Gasteiger partial charge in [0.25, 0.3) is 0 Å². The molecule has 1 aliphatic heterocycles. The molecule has 19 heavy (non-hydrogen) atoms. The summed E-state index contributed by atoms with van der Waals surface area (Å²) in [5.41, 5.74) is 9.57. The molecule has 0 radical (unpaired) electrons. The standard InChI is InChI=1S/C16H18N2O/c1-3-4-8-14-12(2)10-11-13-7-5-6-9-15(13)18(14)16(17)19/h3-9H,1,10-11H2,2H3,(H2,17,19)/b8-4-. The van der Waals surface area contributed by atoms with Gasteiger partial charge in [-0.2, -0.15) is 0 Å². The molecule has 0 saturated carbocycles. The molecule has 1 heterocycles. The molecular formula is C16H18N2O. The van der Waals surface area contributed by atoms with Gasteiger partial charge in [0.2, 0.25) is 0 Å². The number of rotatable bonds is 2. The van der Waals surface area contributed by atoms with E-state index < -0.39 is 6.03 Å². The van der Waals surface area contributed by atoms with E-state index in [1.54, 1.807) is 11.0 Å². The number of anilines is 1. The second-order valence-corrected chi connectivity index (χ2v) is 4.56. The van der Waals surface area contributed by atoms with Gasteiger partial charge in [-0.05, 0) is 43.0 Å². The average Bonchev–Trinajstić information content (AvgIpc) is 2.54. The molecular weight excluding hydrogens is 236 g/mol. The summed E-state index contributed by atoms with van der Waals surface area (Å²) in [5, 5.41) is 0. The molecule has 0 saturated heterocycles. The van der Waals surface area contributed by atoms with Crippen molar-refractivity contribution in [3.05, 3.63) is 65.9 Å². The van der Waals surface area contributed by atoms with E-state index in [1.807, 2.05) is 43.3 Å².